The summed E-state index contributed by atoms with van der Waals surface area (Å²) in [4.78, 5) is 12.0. The molecule has 1 heterocycles. The quantitative estimate of drug-likeness (QED) is 0.606. The van der Waals surface area contributed by atoms with Gasteiger partial charge in [0.15, 0.2) is 0 Å². The van der Waals surface area contributed by atoms with Gasteiger partial charge in [0.1, 0.15) is 5.75 Å². The molecule has 6 heteroatoms. The topological polar surface area (TPSA) is 79.4 Å². The van der Waals surface area contributed by atoms with Gasteiger partial charge >= 0.3 is 0 Å². The van der Waals surface area contributed by atoms with Crippen molar-refractivity contribution in [2.75, 3.05) is 6.61 Å². The summed E-state index contributed by atoms with van der Waals surface area (Å²) >= 11 is 0. The van der Waals surface area contributed by atoms with Gasteiger partial charge in [0.05, 0.1) is 18.0 Å². The summed E-state index contributed by atoms with van der Waals surface area (Å²) in [5.41, 5.74) is 7.35. The molecule has 0 atom stereocenters. The number of carbonyl (C=O) groups excluding carboxylic acids is 1. The van der Waals surface area contributed by atoms with Gasteiger partial charge in [-0.1, -0.05) is 0 Å². The minimum Gasteiger partial charge on any atom is -0.494 e. The second-order valence-electron chi connectivity index (χ2n) is 5.60. The van der Waals surface area contributed by atoms with Gasteiger partial charge in [-0.15, -0.1) is 0 Å². The molecule has 1 aromatic carbocycles. The lowest BCUT2D eigenvalue weighted by Gasteiger charge is -2.06. The third kappa shape index (κ3) is 4.68. The molecule has 0 radical (unpaired) electrons. The van der Waals surface area contributed by atoms with Crippen LogP contribution in [0.2, 0.25) is 0 Å². The number of benzene rings is 1. The van der Waals surface area contributed by atoms with Crippen molar-refractivity contribution in [1.82, 2.24) is 15.6 Å². The SMILES string of the molecule is CCOc1ccc(C(C)=NNC(=O)CCc2c(C)n[nH]c2C)cc1. The number of aryl methyl sites for hydroxylation is 2. The number of aromatic nitrogens is 2. The Kier molecular flexibility index (Phi) is 6.12. The van der Waals surface area contributed by atoms with Crippen LogP contribution < -0.4 is 10.2 Å². The summed E-state index contributed by atoms with van der Waals surface area (Å²) in [6.07, 6.45) is 1.03. The van der Waals surface area contributed by atoms with Crippen molar-refractivity contribution in [3.63, 3.8) is 0 Å². The van der Waals surface area contributed by atoms with Crippen molar-refractivity contribution in [2.24, 2.45) is 5.10 Å². The first-order valence-electron chi connectivity index (χ1n) is 8.08. The molecule has 0 bridgehead atoms. The molecule has 0 fully saturated rings. The van der Waals surface area contributed by atoms with Crippen LogP contribution in [0.3, 0.4) is 0 Å². The maximum Gasteiger partial charge on any atom is 0.240 e. The molecule has 0 aliphatic carbocycles. The lowest BCUT2D eigenvalue weighted by atomic mass is 10.1. The van der Waals surface area contributed by atoms with E-state index in [9.17, 15) is 4.79 Å². The van der Waals surface area contributed by atoms with Crippen LogP contribution in [-0.4, -0.2) is 28.4 Å². The number of nitrogens with one attached hydrogen (secondary N) is 2. The van der Waals surface area contributed by atoms with Crippen molar-refractivity contribution in [2.45, 2.75) is 40.5 Å². The van der Waals surface area contributed by atoms with E-state index in [1.165, 1.54) is 0 Å². The van der Waals surface area contributed by atoms with E-state index in [0.717, 1.165) is 34.0 Å². The molecular weight excluding hydrogens is 304 g/mol. The molecule has 128 valence electrons. The van der Waals surface area contributed by atoms with E-state index in [0.29, 0.717) is 19.4 Å². The van der Waals surface area contributed by atoms with Gasteiger partial charge in [0.25, 0.3) is 0 Å². The van der Waals surface area contributed by atoms with Crippen molar-refractivity contribution < 1.29 is 9.53 Å². The van der Waals surface area contributed by atoms with E-state index in [1.54, 1.807) is 0 Å². The number of ether oxygens (including phenoxy) is 1. The number of carbonyl (C=O) groups is 1. The minimum atomic E-state index is -0.111. The Morgan fingerprint density at radius 1 is 1.29 bits per heavy atom. The van der Waals surface area contributed by atoms with Crippen molar-refractivity contribution in [3.05, 3.63) is 46.8 Å². The van der Waals surface area contributed by atoms with Gasteiger partial charge < -0.3 is 4.74 Å². The third-order valence-corrected chi connectivity index (χ3v) is 3.81. The predicted octanol–water partition coefficient (Wildman–Crippen LogP) is 2.90. The number of hydrogen-bond donors (Lipinski definition) is 2. The van der Waals surface area contributed by atoms with Crippen LogP contribution in [0.1, 0.15) is 42.8 Å². The standard InChI is InChI=1S/C18H24N4O2/c1-5-24-16-8-6-15(7-9-16)12(2)19-22-18(23)11-10-17-13(3)20-21-14(17)4/h6-9H,5,10-11H2,1-4H3,(H,20,21)(H,22,23). The molecule has 0 saturated heterocycles. The Hall–Kier alpha value is -2.63. The van der Waals surface area contributed by atoms with Crippen molar-refractivity contribution in [1.29, 1.82) is 0 Å². The van der Waals surface area contributed by atoms with Crippen molar-refractivity contribution >= 4 is 11.6 Å². The summed E-state index contributed by atoms with van der Waals surface area (Å²) in [6, 6.07) is 7.64. The van der Waals surface area contributed by atoms with Crippen LogP contribution in [0.25, 0.3) is 0 Å². The maximum atomic E-state index is 12.0. The summed E-state index contributed by atoms with van der Waals surface area (Å²) < 4.78 is 5.41. The van der Waals surface area contributed by atoms with Gasteiger partial charge in [0.2, 0.25) is 5.91 Å². The second-order valence-corrected chi connectivity index (χ2v) is 5.60. The highest BCUT2D eigenvalue weighted by molar-refractivity contribution is 5.99. The molecule has 0 unspecified atom stereocenters. The number of H-pyrrole nitrogens is 1. The Balaban J connectivity index is 1.88. The number of aromatic amines is 1. The zero-order valence-corrected chi connectivity index (χ0v) is 14.6. The fourth-order valence-corrected chi connectivity index (χ4v) is 2.41. The molecule has 2 aromatic rings. The Bertz CT molecular complexity index is 698. The van der Waals surface area contributed by atoms with Crippen LogP contribution in [-0.2, 0) is 11.2 Å². The summed E-state index contributed by atoms with van der Waals surface area (Å²) in [6.45, 7) is 8.34. The van der Waals surface area contributed by atoms with Gasteiger partial charge in [-0.05, 0) is 69.5 Å². The van der Waals surface area contributed by atoms with E-state index in [4.69, 9.17) is 4.74 Å². The summed E-state index contributed by atoms with van der Waals surface area (Å²) in [5.74, 6) is 0.712. The molecular formula is C18H24N4O2. The molecule has 1 aromatic heterocycles. The van der Waals surface area contributed by atoms with E-state index in [-0.39, 0.29) is 5.91 Å². The first kappa shape index (κ1) is 17.7. The average Bonchev–Trinajstić information content (AvgIpc) is 2.90. The molecule has 0 saturated carbocycles. The Labute approximate surface area is 142 Å². The molecule has 2 rings (SSSR count). The molecule has 0 spiro atoms. The van der Waals surface area contributed by atoms with Crippen LogP contribution in [0, 0.1) is 13.8 Å². The highest BCUT2D eigenvalue weighted by Gasteiger charge is 2.09. The fraction of sp³-hybridized carbons (Fsp3) is 0.389. The zero-order valence-electron chi connectivity index (χ0n) is 14.6. The maximum absolute atomic E-state index is 12.0. The number of hydrogen-bond acceptors (Lipinski definition) is 4. The molecule has 0 aliphatic rings. The largest absolute Gasteiger partial charge is 0.494 e. The number of amides is 1. The van der Waals surface area contributed by atoms with Gasteiger partial charge in [-0.3, -0.25) is 9.89 Å². The Morgan fingerprint density at radius 2 is 2.00 bits per heavy atom. The average molecular weight is 328 g/mol. The molecule has 2 N–H and O–H groups in total. The monoisotopic (exact) mass is 328 g/mol. The minimum absolute atomic E-state index is 0.111. The first-order chi connectivity index (χ1) is 11.5. The van der Waals surface area contributed by atoms with Crippen LogP contribution in [0.5, 0.6) is 5.75 Å². The second kappa shape index (κ2) is 8.29. The molecule has 1 amide bonds. The van der Waals surface area contributed by atoms with E-state index < -0.39 is 0 Å². The fourth-order valence-electron chi connectivity index (χ4n) is 2.41. The van der Waals surface area contributed by atoms with Gasteiger partial charge in [-0.25, -0.2) is 5.43 Å². The molecule has 6 nitrogen and oxygen atoms in total. The van der Waals surface area contributed by atoms with E-state index in [2.05, 4.69) is 20.7 Å². The highest BCUT2D eigenvalue weighted by Crippen LogP contribution is 2.13. The zero-order chi connectivity index (χ0) is 17.5. The summed E-state index contributed by atoms with van der Waals surface area (Å²) in [5, 5.41) is 11.2. The number of rotatable bonds is 7. The smallest absolute Gasteiger partial charge is 0.240 e. The first-order valence-corrected chi connectivity index (χ1v) is 8.08. The van der Waals surface area contributed by atoms with Crippen molar-refractivity contribution in [3.8, 4) is 5.75 Å². The van der Waals surface area contributed by atoms with Crippen LogP contribution >= 0.6 is 0 Å². The highest BCUT2D eigenvalue weighted by atomic mass is 16.5. The van der Waals surface area contributed by atoms with Crippen LogP contribution in [0.4, 0.5) is 0 Å². The van der Waals surface area contributed by atoms with Gasteiger partial charge in [0, 0.05) is 12.1 Å². The normalized spacial score (nSPS) is 11.4. The number of nitrogens with zero attached hydrogens (tertiary/aromatic N) is 2. The summed E-state index contributed by atoms with van der Waals surface area (Å²) in [7, 11) is 0. The third-order valence-electron chi connectivity index (χ3n) is 3.81. The van der Waals surface area contributed by atoms with E-state index in [1.807, 2.05) is 52.0 Å². The molecule has 24 heavy (non-hydrogen) atoms. The molecule has 0 aliphatic heterocycles. The van der Waals surface area contributed by atoms with Gasteiger partial charge in [-0.2, -0.15) is 10.2 Å². The predicted molar refractivity (Wildman–Crippen MR) is 94.3 cm³/mol. The lowest BCUT2D eigenvalue weighted by Crippen LogP contribution is -2.19. The van der Waals surface area contributed by atoms with Crippen LogP contribution in [0.15, 0.2) is 29.4 Å². The lowest BCUT2D eigenvalue weighted by molar-refractivity contribution is -0.121. The number of hydrazone groups is 1. The Morgan fingerprint density at radius 3 is 2.58 bits per heavy atom. The van der Waals surface area contributed by atoms with E-state index >= 15 is 0 Å².